The van der Waals surface area contributed by atoms with E-state index in [1.54, 1.807) is 23.1 Å². The summed E-state index contributed by atoms with van der Waals surface area (Å²) in [7, 11) is 0. The van der Waals surface area contributed by atoms with Gasteiger partial charge in [0.05, 0.1) is 12.2 Å². The third-order valence-electron chi connectivity index (χ3n) is 3.49. The lowest BCUT2D eigenvalue weighted by Gasteiger charge is -2.40. The molecule has 106 valence electrons. The van der Waals surface area contributed by atoms with E-state index in [9.17, 15) is 0 Å². The maximum Gasteiger partial charge on any atom is 0.254 e. The Labute approximate surface area is 120 Å². The molecule has 0 aliphatic carbocycles. The summed E-state index contributed by atoms with van der Waals surface area (Å²) in [6, 6.07) is 2.33. The Morgan fingerprint density at radius 1 is 1.24 bits per heavy atom. The Morgan fingerprint density at radius 2 is 2.14 bits per heavy atom. The standard InChI is InChI=1S/C13H14N8/c1-9-4-11(21-13(18-9)16-8-17-21)19-10-6-20(7-10)12-5-14-2-3-15-12/h2-5,8,10,19H,6-7H2,1H3. The molecule has 8 heteroatoms. The molecule has 1 saturated heterocycles. The Bertz CT molecular complexity index is 762. The molecule has 0 aromatic carbocycles. The van der Waals surface area contributed by atoms with Crippen LogP contribution >= 0.6 is 0 Å². The van der Waals surface area contributed by atoms with Gasteiger partial charge in [0.25, 0.3) is 5.78 Å². The lowest BCUT2D eigenvalue weighted by atomic mass is 10.1. The molecule has 4 rings (SSSR count). The highest BCUT2D eigenvalue weighted by Gasteiger charge is 2.28. The second-order valence-corrected chi connectivity index (χ2v) is 5.06. The van der Waals surface area contributed by atoms with Crippen LogP contribution in [0.15, 0.2) is 31.0 Å². The number of anilines is 2. The molecule has 0 saturated carbocycles. The molecule has 1 aliphatic heterocycles. The zero-order valence-corrected chi connectivity index (χ0v) is 11.5. The number of hydrogen-bond donors (Lipinski definition) is 1. The molecule has 1 fully saturated rings. The first-order valence-corrected chi connectivity index (χ1v) is 6.74. The lowest BCUT2D eigenvalue weighted by Crippen LogP contribution is -2.55. The van der Waals surface area contributed by atoms with Crippen LogP contribution in [0.5, 0.6) is 0 Å². The quantitative estimate of drug-likeness (QED) is 0.749. The van der Waals surface area contributed by atoms with Crippen LogP contribution in [-0.2, 0) is 0 Å². The summed E-state index contributed by atoms with van der Waals surface area (Å²) >= 11 is 0. The highest BCUT2D eigenvalue weighted by molar-refractivity contribution is 5.49. The normalized spacial score (nSPS) is 15.2. The molecule has 0 atom stereocenters. The first-order valence-electron chi connectivity index (χ1n) is 6.74. The van der Waals surface area contributed by atoms with Crippen molar-refractivity contribution in [2.75, 3.05) is 23.3 Å². The van der Waals surface area contributed by atoms with Crippen LogP contribution in [0, 0.1) is 6.92 Å². The first kappa shape index (κ1) is 12.0. The van der Waals surface area contributed by atoms with Gasteiger partial charge in [-0.25, -0.2) is 9.97 Å². The second kappa shape index (κ2) is 4.65. The van der Waals surface area contributed by atoms with Crippen LogP contribution in [0.2, 0.25) is 0 Å². The topological polar surface area (TPSA) is 84.1 Å². The van der Waals surface area contributed by atoms with Crippen molar-refractivity contribution in [1.29, 1.82) is 0 Å². The minimum absolute atomic E-state index is 0.348. The van der Waals surface area contributed by atoms with E-state index in [-0.39, 0.29) is 0 Å². The van der Waals surface area contributed by atoms with Crippen molar-refractivity contribution in [3.8, 4) is 0 Å². The molecule has 0 radical (unpaired) electrons. The van der Waals surface area contributed by atoms with Gasteiger partial charge in [-0.15, -0.1) is 0 Å². The van der Waals surface area contributed by atoms with E-state index < -0.39 is 0 Å². The second-order valence-electron chi connectivity index (χ2n) is 5.06. The van der Waals surface area contributed by atoms with E-state index in [2.05, 4.69) is 35.3 Å². The number of hydrogen-bond acceptors (Lipinski definition) is 7. The largest absolute Gasteiger partial charge is 0.364 e. The van der Waals surface area contributed by atoms with Crippen LogP contribution in [0.1, 0.15) is 5.69 Å². The zero-order valence-electron chi connectivity index (χ0n) is 11.5. The molecule has 0 amide bonds. The first-order chi connectivity index (χ1) is 10.3. The molecule has 0 spiro atoms. The van der Waals surface area contributed by atoms with Crippen LogP contribution in [0.3, 0.4) is 0 Å². The monoisotopic (exact) mass is 282 g/mol. The Hall–Kier alpha value is -2.77. The fourth-order valence-corrected chi connectivity index (χ4v) is 2.45. The third-order valence-corrected chi connectivity index (χ3v) is 3.49. The number of aryl methyl sites for hydroxylation is 1. The van der Waals surface area contributed by atoms with Crippen molar-refractivity contribution >= 4 is 17.4 Å². The SMILES string of the molecule is Cc1cc(NC2CN(c3cnccn3)C2)n2ncnc2n1. The maximum atomic E-state index is 4.33. The van der Waals surface area contributed by atoms with Gasteiger partial charge in [0.1, 0.15) is 18.0 Å². The van der Waals surface area contributed by atoms with Gasteiger partial charge in [-0.3, -0.25) is 4.98 Å². The molecule has 1 aliphatic rings. The smallest absolute Gasteiger partial charge is 0.254 e. The van der Waals surface area contributed by atoms with Crippen molar-refractivity contribution in [2.24, 2.45) is 0 Å². The summed E-state index contributed by atoms with van der Waals surface area (Å²) in [6.07, 6.45) is 6.68. The Balaban J connectivity index is 1.49. The molecule has 4 heterocycles. The molecule has 1 N–H and O–H groups in total. The van der Waals surface area contributed by atoms with Gasteiger partial charge in [-0.05, 0) is 6.92 Å². The molecule has 3 aromatic rings. The van der Waals surface area contributed by atoms with Gasteiger partial charge in [0, 0.05) is 37.2 Å². The van der Waals surface area contributed by atoms with Gasteiger partial charge >= 0.3 is 0 Å². The summed E-state index contributed by atoms with van der Waals surface area (Å²) in [6.45, 7) is 3.72. The van der Waals surface area contributed by atoms with E-state index in [1.165, 1.54) is 6.33 Å². The van der Waals surface area contributed by atoms with E-state index in [0.29, 0.717) is 11.8 Å². The predicted molar refractivity (Wildman–Crippen MR) is 77.2 cm³/mol. The fraction of sp³-hybridized carbons (Fsp3) is 0.308. The van der Waals surface area contributed by atoms with Crippen molar-refractivity contribution in [3.63, 3.8) is 0 Å². The minimum atomic E-state index is 0.348. The van der Waals surface area contributed by atoms with Crippen LogP contribution < -0.4 is 10.2 Å². The Morgan fingerprint density at radius 3 is 2.95 bits per heavy atom. The molecular weight excluding hydrogens is 268 g/mol. The van der Waals surface area contributed by atoms with Gasteiger partial charge in [-0.2, -0.15) is 14.6 Å². The highest BCUT2D eigenvalue weighted by atomic mass is 15.4. The minimum Gasteiger partial charge on any atom is -0.364 e. The molecule has 8 nitrogen and oxygen atoms in total. The number of aromatic nitrogens is 6. The van der Waals surface area contributed by atoms with Gasteiger partial charge in [0.15, 0.2) is 0 Å². The summed E-state index contributed by atoms with van der Waals surface area (Å²) in [5.41, 5.74) is 0.920. The highest BCUT2D eigenvalue weighted by Crippen LogP contribution is 2.20. The van der Waals surface area contributed by atoms with Crippen molar-refractivity contribution in [2.45, 2.75) is 13.0 Å². The molecular formula is C13H14N8. The van der Waals surface area contributed by atoms with E-state index in [1.807, 2.05) is 13.0 Å². The molecule has 0 bridgehead atoms. The van der Waals surface area contributed by atoms with Crippen LogP contribution in [0.4, 0.5) is 11.6 Å². The summed E-state index contributed by atoms with van der Waals surface area (Å²) in [5, 5.41) is 7.67. The van der Waals surface area contributed by atoms with Gasteiger partial charge in [0.2, 0.25) is 0 Å². The van der Waals surface area contributed by atoms with Crippen LogP contribution in [0.25, 0.3) is 5.78 Å². The predicted octanol–water partition coefficient (Wildman–Crippen LogP) is 0.523. The van der Waals surface area contributed by atoms with Crippen LogP contribution in [-0.4, -0.2) is 48.7 Å². The van der Waals surface area contributed by atoms with Crippen molar-refractivity contribution in [3.05, 3.63) is 36.7 Å². The van der Waals surface area contributed by atoms with Crippen molar-refractivity contribution < 1.29 is 0 Å². The zero-order chi connectivity index (χ0) is 14.2. The summed E-state index contributed by atoms with van der Waals surface area (Å²) < 4.78 is 1.72. The number of nitrogens with zero attached hydrogens (tertiary/aromatic N) is 7. The maximum absolute atomic E-state index is 4.33. The van der Waals surface area contributed by atoms with E-state index in [0.717, 1.165) is 30.4 Å². The average Bonchev–Trinajstić information content (AvgIpc) is 2.91. The van der Waals surface area contributed by atoms with Gasteiger partial charge in [-0.1, -0.05) is 0 Å². The van der Waals surface area contributed by atoms with E-state index in [4.69, 9.17) is 0 Å². The van der Waals surface area contributed by atoms with E-state index >= 15 is 0 Å². The molecule has 21 heavy (non-hydrogen) atoms. The van der Waals surface area contributed by atoms with Crippen molar-refractivity contribution in [1.82, 2.24) is 29.5 Å². The summed E-state index contributed by atoms with van der Waals surface area (Å²) in [5.74, 6) is 2.44. The fourth-order valence-electron chi connectivity index (χ4n) is 2.45. The molecule has 0 unspecified atom stereocenters. The number of fused-ring (bicyclic) bond motifs is 1. The lowest BCUT2D eigenvalue weighted by molar-refractivity contribution is 0.540. The number of nitrogens with one attached hydrogen (secondary N) is 1. The molecule has 3 aromatic heterocycles. The third kappa shape index (κ3) is 2.14. The van der Waals surface area contributed by atoms with Gasteiger partial charge < -0.3 is 10.2 Å². The average molecular weight is 282 g/mol. The number of rotatable bonds is 3. The Kier molecular flexibility index (Phi) is 2.66. The summed E-state index contributed by atoms with van der Waals surface area (Å²) in [4.78, 5) is 19.0.